The number of ether oxygens (including phenoxy) is 2. The summed E-state index contributed by atoms with van der Waals surface area (Å²) in [4.78, 5) is 12.2. The van der Waals surface area contributed by atoms with Gasteiger partial charge in [-0.1, -0.05) is 17.4 Å². The molecule has 0 aliphatic rings. The molecule has 0 spiro atoms. The molecule has 4 rings (SSSR count). The maximum Gasteiger partial charge on any atom is 0.192 e. The molecule has 0 radical (unpaired) electrons. The van der Waals surface area contributed by atoms with Crippen molar-refractivity contribution in [2.75, 3.05) is 25.2 Å². The van der Waals surface area contributed by atoms with Crippen molar-refractivity contribution >= 4 is 32.5 Å². The molecule has 0 fully saturated rings. The number of halogens is 1. The Morgan fingerprint density at radius 2 is 1.90 bits per heavy atom. The third kappa shape index (κ3) is 4.30. The van der Waals surface area contributed by atoms with E-state index in [0.717, 1.165) is 32.5 Å². The van der Waals surface area contributed by atoms with Crippen molar-refractivity contribution < 1.29 is 13.9 Å². The number of aromatic nitrogens is 2. The van der Waals surface area contributed by atoms with Gasteiger partial charge in [0.05, 0.1) is 13.7 Å². The molecule has 0 N–H and O–H groups in total. The van der Waals surface area contributed by atoms with Gasteiger partial charge in [-0.25, -0.2) is 14.4 Å². The minimum absolute atomic E-state index is 0.285. The fourth-order valence-electron chi connectivity index (χ4n) is 2.96. The molecule has 0 saturated carbocycles. The van der Waals surface area contributed by atoms with Crippen LogP contribution in [0.1, 0.15) is 5.56 Å². The average Bonchev–Trinajstić information content (AvgIpc) is 3.18. The highest BCUT2D eigenvalue weighted by Gasteiger charge is 2.17. The van der Waals surface area contributed by atoms with Crippen LogP contribution in [0.5, 0.6) is 11.5 Å². The van der Waals surface area contributed by atoms with Crippen molar-refractivity contribution in [3.05, 3.63) is 72.2 Å². The lowest BCUT2D eigenvalue weighted by Crippen LogP contribution is -2.23. The van der Waals surface area contributed by atoms with Crippen LogP contribution in [0.3, 0.4) is 0 Å². The number of benzene rings is 2. The summed E-state index contributed by atoms with van der Waals surface area (Å²) in [5.74, 6) is 1.11. The summed E-state index contributed by atoms with van der Waals surface area (Å²) in [6.45, 7) is 3.00. The first-order valence-corrected chi connectivity index (χ1v) is 9.98. The second-order valence-electron chi connectivity index (χ2n) is 6.43. The molecule has 5 nitrogen and oxygen atoms in total. The first-order chi connectivity index (χ1) is 14.1. The van der Waals surface area contributed by atoms with Gasteiger partial charge in [0.2, 0.25) is 0 Å². The van der Waals surface area contributed by atoms with Crippen molar-refractivity contribution in [2.45, 2.75) is 6.92 Å². The fraction of sp³-hybridized carbons (Fsp3) is 0.182. The van der Waals surface area contributed by atoms with Gasteiger partial charge in [0.25, 0.3) is 0 Å². The van der Waals surface area contributed by atoms with Gasteiger partial charge in [-0.2, -0.15) is 0 Å². The molecule has 2 aromatic carbocycles. The van der Waals surface area contributed by atoms with Crippen LogP contribution in [0.15, 0.2) is 60.8 Å². The van der Waals surface area contributed by atoms with Crippen molar-refractivity contribution in [2.24, 2.45) is 0 Å². The Labute approximate surface area is 172 Å². The molecule has 148 valence electrons. The lowest BCUT2D eigenvalue weighted by molar-refractivity contribution is 0.327. The molecule has 0 bridgehead atoms. The lowest BCUT2D eigenvalue weighted by atomic mass is 10.2. The second kappa shape index (κ2) is 8.45. The molecule has 0 atom stereocenters. The Balaban J connectivity index is 1.62. The van der Waals surface area contributed by atoms with E-state index in [-0.39, 0.29) is 5.82 Å². The SMILES string of the molecule is COc1cccc(N(CCOc2ccc(F)cc2)c2nc3c(C)ccnc3s2)c1. The smallest absolute Gasteiger partial charge is 0.192 e. The summed E-state index contributed by atoms with van der Waals surface area (Å²) in [6, 6.07) is 15.8. The predicted octanol–water partition coefficient (Wildman–Crippen LogP) is 5.36. The first kappa shape index (κ1) is 19.1. The zero-order chi connectivity index (χ0) is 20.2. The van der Waals surface area contributed by atoms with Gasteiger partial charge in [-0.3, -0.25) is 0 Å². The highest BCUT2D eigenvalue weighted by Crippen LogP contribution is 2.34. The normalized spacial score (nSPS) is 10.9. The molecule has 0 aliphatic carbocycles. The van der Waals surface area contributed by atoms with Gasteiger partial charge >= 0.3 is 0 Å². The molecule has 0 aliphatic heterocycles. The molecule has 2 aromatic heterocycles. The van der Waals surface area contributed by atoms with Crippen molar-refractivity contribution in [1.82, 2.24) is 9.97 Å². The minimum atomic E-state index is -0.285. The van der Waals surface area contributed by atoms with Gasteiger partial charge in [0, 0.05) is 18.0 Å². The molecule has 2 heterocycles. The summed E-state index contributed by atoms with van der Waals surface area (Å²) in [7, 11) is 1.64. The number of aryl methyl sites for hydroxylation is 1. The first-order valence-electron chi connectivity index (χ1n) is 9.16. The van der Waals surface area contributed by atoms with E-state index < -0.39 is 0 Å². The van der Waals surface area contributed by atoms with Crippen LogP contribution in [0.4, 0.5) is 15.2 Å². The molecule has 7 heteroatoms. The van der Waals surface area contributed by atoms with E-state index in [0.29, 0.717) is 18.9 Å². The standard InChI is InChI=1S/C22H20FN3O2S/c1-15-10-11-24-21-20(15)25-22(29-21)26(17-4-3-5-19(14-17)27-2)12-13-28-18-8-6-16(23)7-9-18/h3-11,14H,12-13H2,1-2H3. The number of pyridine rings is 1. The van der Waals surface area contributed by atoms with E-state index >= 15 is 0 Å². The lowest BCUT2D eigenvalue weighted by Gasteiger charge is -2.22. The third-order valence-electron chi connectivity index (χ3n) is 4.48. The number of nitrogens with zero attached hydrogens (tertiary/aromatic N) is 3. The monoisotopic (exact) mass is 409 g/mol. The number of anilines is 2. The molecular formula is C22H20FN3O2S. The number of hydrogen-bond donors (Lipinski definition) is 0. The van der Waals surface area contributed by atoms with Crippen LogP contribution in [-0.2, 0) is 0 Å². The Bertz CT molecular complexity index is 1110. The Morgan fingerprint density at radius 3 is 2.66 bits per heavy atom. The van der Waals surface area contributed by atoms with E-state index in [4.69, 9.17) is 14.5 Å². The Hall–Kier alpha value is -3.19. The van der Waals surface area contributed by atoms with Crippen molar-refractivity contribution in [1.29, 1.82) is 0 Å². The van der Waals surface area contributed by atoms with Gasteiger partial charge in [-0.15, -0.1) is 0 Å². The molecule has 0 amide bonds. The van der Waals surface area contributed by atoms with E-state index in [1.54, 1.807) is 25.4 Å². The van der Waals surface area contributed by atoms with Crippen LogP contribution in [0.25, 0.3) is 10.3 Å². The summed E-state index contributed by atoms with van der Waals surface area (Å²) >= 11 is 1.53. The number of methoxy groups -OCH3 is 1. The Morgan fingerprint density at radius 1 is 1.07 bits per heavy atom. The van der Waals surface area contributed by atoms with E-state index in [9.17, 15) is 4.39 Å². The maximum absolute atomic E-state index is 13.1. The molecular weight excluding hydrogens is 389 g/mol. The second-order valence-corrected chi connectivity index (χ2v) is 7.39. The largest absolute Gasteiger partial charge is 0.497 e. The highest BCUT2D eigenvalue weighted by molar-refractivity contribution is 7.21. The maximum atomic E-state index is 13.1. The Kier molecular flexibility index (Phi) is 5.57. The van der Waals surface area contributed by atoms with E-state index in [1.807, 2.05) is 37.3 Å². The molecule has 29 heavy (non-hydrogen) atoms. The van der Waals surface area contributed by atoms with Crippen LogP contribution in [-0.4, -0.2) is 30.2 Å². The van der Waals surface area contributed by atoms with Gasteiger partial charge in [-0.05, 0) is 55.0 Å². The molecule has 4 aromatic rings. The number of thiazole rings is 1. The topological polar surface area (TPSA) is 47.5 Å². The quantitative estimate of drug-likeness (QED) is 0.411. The van der Waals surface area contributed by atoms with Crippen LogP contribution < -0.4 is 14.4 Å². The summed E-state index contributed by atoms with van der Waals surface area (Å²) in [5, 5.41) is 0.831. The van der Waals surface area contributed by atoms with Gasteiger partial charge in [0.1, 0.15) is 34.3 Å². The van der Waals surface area contributed by atoms with Crippen molar-refractivity contribution in [3.63, 3.8) is 0 Å². The van der Waals surface area contributed by atoms with E-state index in [1.165, 1.54) is 23.5 Å². The average molecular weight is 409 g/mol. The number of rotatable bonds is 7. The molecule has 0 saturated heterocycles. The molecule has 0 unspecified atom stereocenters. The van der Waals surface area contributed by atoms with Gasteiger partial charge < -0.3 is 14.4 Å². The summed E-state index contributed by atoms with van der Waals surface area (Å²) in [6.07, 6.45) is 1.80. The van der Waals surface area contributed by atoms with Crippen molar-refractivity contribution in [3.8, 4) is 11.5 Å². The van der Waals surface area contributed by atoms with Crippen LogP contribution in [0, 0.1) is 12.7 Å². The minimum Gasteiger partial charge on any atom is -0.497 e. The zero-order valence-electron chi connectivity index (χ0n) is 16.1. The number of fused-ring (bicyclic) bond motifs is 1. The fourth-order valence-corrected chi connectivity index (χ4v) is 3.99. The predicted molar refractivity (Wildman–Crippen MR) is 114 cm³/mol. The van der Waals surface area contributed by atoms with Crippen LogP contribution in [0.2, 0.25) is 0 Å². The number of hydrogen-bond acceptors (Lipinski definition) is 6. The summed E-state index contributed by atoms with van der Waals surface area (Å²) < 4.78 is 24.3. The van der Waals surface area contributed by atoms with Crippen LogP contribution >= 0.6 is 11.3 Å². The highest BCUT2D eigenvalue weighted by atomic mass is 32.1. The van der Waals surface area contributed by atoms with E-state index in [2.05, 4.69) is 9.88 Å². The zero-order valence-corrected chi connectivity index (χ0v) is 16.9. The summed E-state index contributed by atoms with van der Waals surface area (Å²) in [5.41, 5.74) is 2.94. The third-order valence-corrected chi connectivity index (χ3v) is 5.47. The van der Waals surface area contributed by atoms with Gasteiger partial charge in [0.15, 0.2) is 5.13 Å².